The third kappa shape index (κ3) is 3.21. The van der Waals surface area contributed by atoms with Crippen LogP contribution in [0.4, 0.5) is 0 Å². The molecule has 0 spiro atoms. The molecule has 1 unspecified atom stereocenters. The molecule has 1 N–H and O–H groups in total. The molecule has 1 aliphatic heterocycles. The summed E-state index contributed by atoms with van der Waals surface area (Å²) in [6.45, 7) is 7.33. The molecule has 0 amide bonds. The Hall–Kier alpha value is -0.380. The van der Waals surface area contributed by atoms with Crippen LogP contribution < -0.4 is 5.32 Å². The Kier molecular flexibility index (Phi) is 4.57. The predicted octanol–water partition coefficient (Wildman–Crippen LogP) is 3.45. The second kappa shape index (κ2) is 6.38. The largest absolute Gasteiger partial charge is 0.310 e. The molecule has 19 heavy (non-hydrogen) atoms. The van der Waals surface area contributed by atoms with Crippen LogP contribution in [0.2, 0.25) is 0 Å². The number of thiophene rings is 1. The molecule has 1 aromatic rings. The number of nitrogens with zero attached hydrogens (tertiary/aromatic N) is 1. The minimum atomic E-state index is 0.638. The standard InChI is InChI=1S/C16H26N2S/c1-2-18-9-6-13(7-10-18)12-17-15-4-3-5-16-14(15)8-11-19-16/h8,11,13,15,17H,2-7,9-10,12H2,1H3. The van der Waals surface area contributed by atoms with E-state index in [0.717, 1.165) is 5.92 Å². The van der Waals surface area contributed by atoms with Gasteiger partial charge in [0.15, 0.2) is 0 Å². The highest BCUT2D eigenvalue weighted by atomic mass is 32.1. The Morgan fingerprint density at radius 1 is 1.32 bits per heavy atom. The van der Waals surface area contributed by atoms with Crippen molar-refractivity contribution in [1.29, 1.82) is 0 Å². The van der Waals surface area contributed by atoms with Gasteiger partial charge in [-0.3, -0.25) is 0 Å². The second-order valence-corrected chi connectivity index (χ2v) is 7.03. The molecule has 1 aromatic heterocycles. The van der Waals surface area contributed by atoms with E-state index in [1.54, 1.807) is 10.4 Å². The topological polar surface area (TPSA) is 15.3 Å². The van der Waals surface area contributed by atoms with E-state index in [0.29, 0.717) is 6.04 Å². The number of fused-ring (bicyclic) bond motifs is 1. The number of nitrogens with one attached hydrogen (secondary N) is 1. The molecule has 0 aromatic carbocycles. The molecule has 0 saturated carbocycles. The van der Waals surface area contributed by atoms with Crippen LogP contribution >= 0.6 is 11.3 Å². The molecule has 0 bridgehead atoms. The van der Waals surface area contributed by atoms with Gasteiger partial charge in [0.05, 0.1) is 0 Å². The van der Waals surface area contributed by atoms with E-state index in [2.05, 4.69) is 28.6 Å². The number of piperidine rings is 1. The Morgan fingerprint density at radius 2 is 2.16 bits per heavy atom. The zero-order valence-corrected chi connectivity index (χ0v) is 12.8. The zero-order chi connectivity index (χ0) is 13.1. The van der Waals surface area contributed by atoms with Gasteiger partial charge in [-0.15, -0.1) is 11.3 Å². The van der Waals surface area contributed by atoms with E-state index < -0.39 is 0 Å². The fourth-order valence-corrected chi connectivity index (χ4v) is 4.50. The highest BCUT2D eigenvalue weighted by molar-refractivity contribution is 7.10. The number of hydrogen-bond acceptors (Lipinski definition) is 3. The summed E-state index contributed by atoms with van der Waals surface area (Å²) in [5.41, 5.74) is 1.60. The van der Waals surface area contributed by atoms with Crippen LogP contribution in [0.1, 0.15) is 49.1 Å². The number of likely N-dealkylation sites (tertiary alicyclic amines) is 1. The molecule has 106 valence electrons. The lowest BCUT2D eigenvalue weighted by atomic mass is 9.92. The van der Waals surface area contributed by atoms with Gasteiger partial charge in [0.1, 0.15) is 0 Å². The van der Waals surface area contributed by atoms with Gasteiger partial charge >= 0.3 is 0 Å². The summed E-state index contributed by atoms with van der Waals surface area (Å²) in [6, 6.07) is 2.98. The van der Waals surface area contributed by atoms with Gasteiger partial charge in [0, 0.05) is 10.9 Å². The first-order valence-corrected chi connectivity index (χ1v) is 8.76. The lowest BCUT2D eigenvalue weighted by Crippen LogP contribution is -2.38. The van der Waals surface area contributed by atoms with E-state index in [-0.39, 0.29) is 0 Å². The highest BCUT2D eigenvalue weighted by Crippen LogP contribution is 2.33. The van der Waals surface area contributed by atoms with Gasteiger partial charge in [0.25, 0.3) is 0 Å². The third-order valence-corrected chi connectivity index (χ3v) is 5.86. The average molecular weight is 278 g/mol. The molecule has 1 atom stereocenters. The van der Waals surface area contributed by atoms with E-state index >= 15 is 0 Å². The molecular formula is C16H26N2S. The minimum Gasteiger partial charge on any atom is -0.310 e. The Morgan fingerprint density at radius 3 is 2.95 bits per heavy atom. The van der Waals surface area contributed by atoms with Crippen molar-refractivity contribution in [2.45, 2.75) is 45.1 Å². The lowest BCUT2D eigenvalue weighted by Gasteiger charge is -2.32. The predicted molar refractivity (Wildman–Crippen MR) is 82.8 cm³/mol. The maximum Gasteiger partial charge on any atom is 0.0331 e. The number of hydrogen-bond donors (Lipinski definition) is 1. The summed E-state index contributed by atoms with van der Waals surface area (Å²) in [4.78, 5) is 4.21. The van der Waals surface area contributed by atoms with Gasteiger partial charge in [-0.2, -0.15) is 0 Å². The van der Waals surface area contributed by atoms with Gasteiger partial charge in [0.2, 0.25) is 0 Å². The Balaban J connectivity index is 1.49. The van der Waals surface area contributed by atoms with Crippen molar-refractivity contribution in [3.63, 3.8) is 0 Å². The van der Waals surface area contributed by atoms with Crippen molar-refractivity contribution >= 4 is 11.3 Å². The molecule has 2 heterocycles. The summed E-state index contributed by atoms with van der Waals surface area (Å²) in [7, 11) is 0. The molecule has 2 aliphatic rings. The third-order valence-electron chi connectivity index (χ3n) is 4.86. The first-order chi connectivity index (χ1) is 9.36. The van der Waals surface area contributed by atoms with Crippen LogP contribution in [0.25, 0.3) is 0 Å². The fourth-order valence-electron chi connectivity index (χ4n) is 3.51. The molecule has 1 saturated heterocycles. The summed E-state index contributed by atoms with van der Waals surface area (Å²) in [5.74, 6) is 0.895. The highest BCUT2D eigenvalue weighted by Gasteiger charge is 2.23. The quantitative estimate of drug-likeness (QED) is 0.907. The van der Waals surface area contributed by atoms with Crippen molar-refractivity contribution in [2.24, 2.45) is 5.92 Å². The van der Waals surface area contributed by atoms with Gasteiger partial charge < -0.3 is 10.2 Å². The SMILES string of the molecule is CCN1CCC(CNC2CCCc3sccc32)CC1. The number of rotatable bonds is 4. The summed E-state index contributed by atoms with van der Waals surface area (Å²) < 4.78 is 0. The van der Waals surface area contributed by atoms with Crippen molar-refractivity contribution in [1.82, 2.24) is 10.2 Å². The Labute approximate surface area is 121 Å². The van der Waals surface area contributed by atoms with Crippen LogP contribution in [0.3, 0.4) is 0 Å². The Bertz CT molecular complexity index is 393. The molecule has 2 nitrogen and oxygen atoms in total. The fraction of sp³-hybridized carbons (Fsp3) is 0.750. The molecular weight excluding hydrogens is 252 g/mol. The minimum absolute atomic E-state index is 0.638. The van der Waals surface area contributed by atoms with E-state index in [1.807, 2.05) is 11.3 Å². The molecule has 1 fully saturated rings. The van der Waals surface area contributed by atoms with Crippen molar-refractivity contribution in [3.8, 4) is 0 Å². The van der Waals surface area contributed by atoms with Crippen molar-refractivity contribution < 1.29 is 0 Å². The van der Waals surface area contributed by atoms with Crippen molar-refractivity contribution in [2.75, 3.05) is 26.2 Å². The second-order valence-electron chi connectivity index (χ2n) is 6.03. The van der Waals surface area contributed by atoms with Crippen LogP contribution in [0.15, 0.2) is 11.4 Å². The van der Waals surface area contributed by atoms with Gasteiger partial charge in [-0.05, 0) is 81.2 Å². The number of aryl methyl sites for hydroxylation is 1. The van der Waals surface area contributed by atoms with Crippen LogP contribution in [0, 0.1) is 5.92 Å². The monoisotopic (exact) mass is 278 g/mol. The van der Waals surface area contributed by atoms with Crippen LogP contribution in [-0.2, 0) is 6.42 Å². The van der Waals surface area contributed by atoms with E-state index in [1.165, 1.54) is 58.3 Å². The van der Waals surface area contributed by atoms with Gasteiger partial charge in [-0.1, -0.05) is 6.92 Å². The smallest absolute Gasteiger partial charge is 0.0331 e. The summed E-state index contributed by atoms with van der Waals surface area (Å²) in [6.07, 6.45) is 6.76. The molecule has 1 aliphatic carbocycles. The first-order valence-electron chi connectivity index (χ1n) is 7.89. The lowest BCUT2D eigenvalue weighted by molar-refractivity contribution is 0.186. The maximum absolute atomic E-state index is 3.85. The van der Waals surface area contributed by atoms with Crippen LogP contribution in [0.5, 0.6) is 0 Å². The molecule has 0 radical (unpaired) electrons. The van der Waals surface area contributed by atoms with E-state index in [4.69, 9.17) is 0 Å². The maximum atomic E-state index is 3.85. The van der Waals surface area contributed by atoms with E-state index in [9.17, 15) is 0 Å². The summed E-state index contributed by atoms with van der Waals surface area (Å²) >= 11 is 1.95. The average Bonchev–Trinajstić information content (AvgIpc) is 2.94. The molecule has 3 heteroatoms. The zero-order valence-electron chi connectivity index (χ0n) is 12.0. The van der Waals surface area contributed by atoms with Crippen LogP contribution in [-0.4, -0.2) is 31.1 Å². The van der Waals surface area contributed by atoms with Crippen molar-refractivity contribution in [3.05, 3.63) is 21.9 Å². The van der Waals surface area contributed by atoms with Gasteiger partial charge in [-0.25, -0.2) is 0 Å². The molecule has 3 rings (SSSR count). The summed E-state index contributed by atoms with van der Waals surface area (Å²) in [5, 5.41) is 6.12. The first kappa shape index (κ1) is 13.6. The normalized spacial score (nSPS) is 25.4.